The summed E-state index contributed by atoms with van der Waals surface area (Å²) < 4.78 is 3.21. The van der Waals surface area contributed by atoms with Gasteiger partial charge in [-0.15, -0.1) is 15.3 Å². The molecule has 0 fully saturated rings. The number of tetrazole rings is 1. The molecule has 23 heavy (non-hydrogen) atoms. The van der Waals surface area contributed by atoms with E-state index in [2.05, 4.69) is 32.6 Å². The van der Waals surface area contributed by atoms with Crippen LogP contribution in [-0.4, -0.2) is 35.1 Å². The molecule has 0 radical (unpaired) electrons. The van der Waals surface area contributed by atoms with Gasteiger partial charge in [0, 0.05) is 12.1 Å². The van der Waals surface area contributed by atoms with Gasteiger partial charge >= 0.3 is 0 Å². The van der Waals surface area contributed by atoms with E-state index in [0.717, 1.165) is 24.4 Å². The van der Waals surface area contributed by atoms with E-state index in [0.29, 0.717) is 21.8 Å². The lowest BCUT2D eigenvalue weighted by molar-refractivity contribution is 0.564. The third-order valence-corrected chi connectivity index (χ3v) is 4.42. The van der Waals surface area contributed by atoms with Crippen LogP contribution >= 0.6 is 23.4 Å². The Morgan fingerprint density at radius 1 is 1.22 bits per heavy atom. The van der Waals surface area contributed by atoms with Crippen LogP contribution in [0.5, 0.6) is 0 Å². The van der Waals surface area contributed by atoms with Crippen LogP contribution in [-0.2, 0) is 12.3 Å². The van der Waals surface area contributed by atoms with E-state index in [1.54, 1.807) is 10.7 Å². The topological polar surface area (TPSA) is 100 Å². The summed E-state index contributed by atoms with van der Waals surface area (Å²) in [5.41, 5.74) is 0.742. The van der Waals surface area contributed by atoms with Crippen LogP contribution in [0.1, 0.15) is 19.2 Å². The second-order valence-electron chi connectivity index (χ2n) is 4.76. The molecule has 0 spiro atoms. The zero-order valence-corrected chi connectivity index (χ0v) is 14.0. The molecule has 0 saturated carbocycles. The first-order valence-electron chi connectivity index (χ1n) is 7.04. The molecular weight excluding hydrogens is 336 g/mol. The Kier molecular flexibility index (Phi) is 4.77. The highest BCUT2D eigenvalue weighted by molar-refractivity contribution is 7.98. The van der Waals surface area contributed by atoms with Gasteiger partial charge in [-0.05, 0) is 29.0 Å². The van der Waals surface area contributed by atoms with Crippen molar-refractivity contribution in [3.05, 3.63) is 35.1 Å². The molecule has 0 saturated heterocycles. The summed E-state index contributed by atoms with van der Waals surface area (Å²) in [5, 5.41) is 21.1. The largest absolute Gasteiger partial charge is 0.335 e. The van der Waals surface area contributed by atoms with E-state index in [1.807, 2.05) is 18.2 Å². The van der Waals surface area contributed by atoms with Gasteiger partial charge in [-0.3, -0.25) is 0 Å². The van der Waals surface area contributed by atoms with Gasteiger partial charge in [0.05, 0.1) is 10.8 Å². The molecule has 0 aliphatic heterocycles. The molecule has 0 bridgehead atoms. The predicted octanol–water partition coefficient (Wildman–Crippen LogP) is 2.00. The lowest BCUT2D eigenvalue weighted by Gasteiger charge is -2.05. The van der Waals surface area contributed by atoms with Gasteiger partial charge in [-0.2, -0.15) is 0 Å². The highest BCUT2D eigenvalue weighted by Crippen LogP contribution is 2.28. The lowest BCUT2D eigenvalue weighted by atomic mass is 10.2. The van der Waals surface area contributed by atoms with Crippen LogP contribution < -0.4 is 5.84 Å². The maximum atomic E-state index is 6.18. The van der Waals surface area contributed by atoms with Crippen LogP contribution in [0.2, 0.25) is 5.02 Å². The molecule has 8 nitrogen and oxygen atoms in total. The van der Waals surface area contributed by atoms with E-state index in [-0.39, 0.29) is 0 Å². The maximum absolute atomic E-state index is 6.18. The Hall–Kier alpha value is -2.13. The number of nitrogens with zero attached hydrogens (tertiary/aromatic N) is 7. The lowest BCUT2D eigenvalue weighted by Crippen LogP contribution is -2.12. The fourth-order valence-corrected chi connectivity index (χ4v) is 3.05. The van der Waals surface area contributed by atoms with E-state index in [1.165, 1.54) is 16.4 Å². The van der Waals surface area contributed by atoms with Crippen molar-refractivity contribution in [2.24, 2.45) is 0 Å². The molecule has 2 N–H and O–H groups in total. The standard InChI is InChI=1S/C13H15ClN8S/c1-2-7-21-11(16-19-20-21)8-23-13-18-17-12(22(13)15)9-5-3-4-6-10(9)14/h3-6H,2,7-8,15H2,1H3. The molecule has 0 aliphatic rings. The summed E-state index contributed by atoms with van der Waals surface area (Å²) in [6.45, 7) is 2.86. The molecule has 10 heteroatoms. The molecule has 2 heterocycles. The average Bonchev–Trinajstić information content (AvgIpc) is 3.13. The summed E-state index contributed by atoms with van der Waals surface area (Å²) in [4.78, 5) is 0. The number of nitrogens with two attached hydrogens (primary N) is 1. The minimum Gasteiger partial charge on any atom is -0.335 e. The fourth-order valence-electron chi connectivity index (χ4n) is 2.04. The first kappa shape index (κ1) is 15.8. The van der Waals surface area contributed by atoms with Crippen LogP contribution in [0.4, 0.5) is 0 Å². The van der Waals surface area contributed by atoms with Gasteiger partial charge in [-0.1, -0.05) is 42.4 Å². The number of nitrogen functional groups attached to an aromatic ring is 1. The van der Waals surface area contributed by atoms with Crippen LogP contribution in [0.25, 0.3) is 11.4 Å². The first-order valence-corrected chi connectivity index (χ1v) is 8.40. The minimum atomic E-state index is 0.520. The SMILES string of the molecule is CCCn1nnnc1CSc1nnc(-c2ccccc2Cl)n1N. The van der Waals surface area contributed by atoms with Gasteiger partial charge in [0.2, 0.25) is 5.16 Å². The summed E-state index contributed by atoms with van der Waals surface area (Å²) in [6, 6.07) is 7.37. The molecule has 0 atom stereocenters. The van der Waals surface area contributed by atoms with Gasteiger partial charge in [-0.25, -0.2) is 9.36 Å². The van der Waals surface area contributed by atoms with Gasteiger partial charge in [0.15, 0.2) is 11.6 Å². The second kappa shape index (κ2) is 6.97. The van der Waals surface area contributed by atoms with Gasteiger partial charge in [0.1, 0.15) is 0 Å². The van der Waals surface area contributed by atoms with Crippen molar-refractivity contribution in [1.82, 2.24) is 35.1 Å². The number of rotatable bonds is 6. The van der Waals surface area contributed by atoms with Crippen molar-refractivity contribution in [2.45, 2.75) is 30.8 Å². The van der Waals surface area contributed by atoms with Crippen LogP contribution in [0.15, 0.2) is 29.4 Å². The number of aromatic nitrogens is 7. The zero-order chi connectivity index (χ0) is 16.2. The number of thioether (sulfide) groups is 1. The number of hydrogen-bond donors (Lipinski definition) is 1. The van der Waals surface area contributed by atoms with Gasteiger partial charge in [0.25, 0.3) is 0 Å². The third-order valence-electron chi connectivity index (χ3n) is 3.15. The maximum Gasteiger partial charge on any atom is 0.210 e. The minimum absolute atomic E-state index is 0.520. The average molecular weight is 351 g/mol. The Labute approximate surface area is 142 Å². The predicted molar refractivity (Wildman–Crippen MR) is 88.3 cm³/mol. The highest BCUT2D eigenvalue weighted by atomic mass is 35.5. The van der Waals surface area contributed by atoms with Crippen molar-refractivity contribution >= 4 is 23.4 Å². The van der Waals surface area contributed by atoms with Crippen molar-refractivity contribution in [3.63, 3.8) is 0 Å². The van der Waals surface area contributed by atoms with E-state index in [9.17, 15) is 0 Å². The summed E-state index contributed by atoms with van der Waals surface area (Å²) in [5.74, 6) is 7.95. The molecule has 120 valence electrons. The Morgan fingerprint density at radius 3 is 2.83 bits per heavy atom. The Bertz CT molecular complexity index is 799. The van der Waals surface area contributed by atoms with Crippen LogP contribution in [0, 0.1) is 0 Å². The molecule has 0 unspecified atom stereocenters. The van der Waals surface area contributed by atoms with Gasteiger partial charge < -0.3 is 5.84 Å². The monoisotopic (exact) mass is 350 g/mol. The number of benzene rings is 1. The number of aryl methyl sites for hydroxylation is 1. The molecule has 0 amide bonds. The summed E-state index contributed by atoms with van der Waals surface area (Å²) >= 11 is 7.60. The number of hydrogen-bond acceptors (Lipinski definition) is 7. The highest BCUT2D eigenvalue weighted by Gasteiger charge is 2.15. The zero-order valence-electron chi connectivity index (χ0n) is 12.4. The Morgan fingerprint density at radius 2 is 2.04 bits per heavy atom. The summed E-state index contributed by atoms with van der Waals surface area (Å²) in [7, 11) is 0. The first-order chi connectivity index (χ1) is 11.2. The van der Waals surface area contributed by atoms with E-state index >= 15 is 0 Å². The van der Waals surface area contributed by atoms with Crippen molar-refractivity contribution < 1.29 is 0 Å². The second-order valence-corrected chi connectivity index (χ2v) is 6.11. The van der Waals surface area contributed by atoms with E-state index in [4.69, 9.17) is 17.4 Å². The third kappa shape index (κ3) is 3.30. The number of halogens is 1. The molecule has 3 rings (SSSR count). The summed E-state index contributed by atoms with van der Waals surface area (Å²) in [6.07, 6.45) is 0.965. The van der Waals surface area contributed by atoms with Crippen LogP contribution in [0.3, 0.4) is 0 Å². The fraction of sp³-hybridized carbons (Fsp3) is 0.308. The quantitative estimate of drug-likeness (QED) is 0.536. The Balaban J connectivity index is 1.78. The molecule has 0 aliphatic carbocycles. The van der Waals surface area contributed by atoms with Crippen molar-refractivity contribution in [1.29, 1.82) is 0 Å². The van der Waals surface area contributed by atoms with E-state index < -0.39 is 0 Å². The van der Waals surface area contributed by atoms with Crippen molar-refractivity contribution in [2.75, 3.05) is 5.84 Å². The molecular formula is C13H15ClN8S. The molecule has 2 aromatic heterocycles. The molecule has 1 aromatic carbocycles. The van der Waals surface area contributed by atoms with Crippen molar-refractivity contribution in [3.8, 4) is 11.4 Å². The smallest absolute Gasteiger partial charge is 0.210 e. The molecule has 3 aromatic rings. The normalized spacial score (nSPS) is 11.0.